The first-order valence-electron chi connectivity index (χ1n) is 7.63. The summed E-state index contributed by atoms with van der Waals surface area (Å²) in [5.74, 6) is 1.27. The summed E-state index contributed by atoms with van der Waals surface area (Å²) >= 11 is 0. The van der Waals surface area contributed by atoms with Crippen LogP contribution in [-0.2, 0) is 4.74 Å². The van der Waals surface area contributed by atoms with Crippen molar-refractivity contribution >= 4 is 29.9 Å². The number of likely N-dealkylation sites (tertiary alicyclic amines) is 1. The molecule has 23 heavy (non-hydrogen) atoms. The zero-order valence-electron chi connectivity index (χ0n) is 14.0. The lowest BCUT2D eigenvalue weighted by Gasteiger charge is -2.22. The number of rotatable bonds is 7. The van der Waals surface area contributed by atoms with Gasteiger partial charge in [-0.05, 0) is 20.4 Å². The molecule has 1 rings (SSSR count). The van der Waals surface area contributed by atoms with Crippen LogP contribution in [0.2, 0.25) is 0 Å². The van der Waals surface area contributed by atoms with Gasteiger partial charge in [0.1, 0.15) is 0 Å². The normalized spacial score (nSPS) is 19.2. The van der Waals surface area contributed by atoms with Crippen molar-refractivity contribution in [1.29, 1.82) is 0 Å². The number of aliphatic imine (C=N–C) groups is 1. The molecular formula is C14H28F3IN4O. The van der Waals surface area contributed by atoms with Gasteiger partial charge in [0.15, 0.2) is 5.96 Å². The average Bonchev–Trinajstić information content (AvgIpc) is 2.84. The van der Waals surface area contributed by atoms with Crippen LogP contribution in [0, 0.1) is 5.92 Å². The molecule has 5 nitrogen and oxygen atoms in total. The Hall–Kier alpha value is -0.290. The summed E-state index contributed by atoms with van der Waals surface area (Å²) in [6.07, 6.45) is -3.11. The molecule has 1 heterocycles. The summed E-state index contributed by atoms with van der Waals surface area (Å²) in [7, 11) is 3.15. The Morgan fingerprint density at radius 2 is 2.13 bits per heavy atom. The Labute approximate surface area is 153 Å². The van der Waals surface area contributed by atoms with Gasteiger partial charge in [0.2, 0.25) is 0 Å². The molecule has 0 saturated carbocycles. The predicted molar refractivity (Wildman–Crippen MR) is 96.5 cm³/mol. The van der Waals surface area contributed by atoms with Gasteiger partial charge < -0.3 is 15.0 Å². The lowest BCUT2D eigenvalue weighted by atomic mass is 10.1. The molecule has 0 amide bonds. The molecule has 1 atom stereocenters. The topological polar surface area (TPSA) is 40.1 Å². The highest BCUT2D eigenvalue weighted by molar-refractivity contribution is 14.0. The summed E-state index contributed by atoms with van der Waals surface area (Å²) in [5.41, 5.74) is 0. The third kappa shape index (κ3) is 9.55. The van der Waals surface area contributed by atoms with Gasteiger partial charge in [0.05, 0.1) is 19.7 Å². The molecule has 1 N–H and O–H groups in total. The van der Waals surface area contributed by atoms with Crippen LogP contribution in [0.3, 0.4) is 0 Å². The second kappa shape index (κ2) is 11.3. The van der Waals surface area contributed by atoms with Gasteiger partial charge in [-0.2, -0.15) is 13.2 Å². The zero-order chi connectivity index (χ0) is 16.6. The van der Waals surface area contributed by atoms with Crippen LogP contribution in [0.15, 0.2) is 4.99 Å². The quantitative estimate of drug-likeness (QED) is 0.365. The minimum Gasteiger partial charge on any atom is -0.384 e. The van der Waals surface area contributed by atoms with Crippen LogP contribution in [0.1, 0.15) is 13.3 Å². The van der Waals surface area contributed by atoms with E-state index in [1.807, 2.05) is 6.92 Å². The number of hydrogen-bond acceptors (Lipinski definition) is 3. The Balaban J connectivity index is 0.00000484. The standard InChI is InChI=1S/C14H27F3N4O.HI/c1-4-18-13(21-7-5-12(9-21)10-22-3)19-6-8-20(2)11-14(15,16)17;/h12H,4-11H2,1-3H3,(H,18,19);1H. The van der Waals surface area contributed by atoms with E-state index < -0.39 is 12.7 Å². The maximum absolute atomic E-state index is 12.3. The Bertz CT molecular complexity index is 355. The Kier molecular flexibility index (Phi) is 11.2. The molecule has 0 aromatic carbocycles. The molecule has 0 radical (unpaired) electrons. The number of halogens is 4. The average molecular weight is 452 g/mol. The Morgan fingerprint density at radius 1 is 1.43 bits per heavy atom. The molecule has 1 unspecified atom stereocenters. The maximum Gasteiger partial charge on any atom is 0.401 e. The number of alkyl halides is 3. The maximum atomic E-state index is 12.3. The number of likely N-dealkylation sites (N-methyl/N-ethyl adjacent to an activating group) is 1. The highest BCUT2D eigenvalue weighted by atomic mass is 127. The van der Waals surface area contributed by atoms with E-state index >= 15 is 0 Å². The van der Waals surface area contributed by atoms with E-state index in [-0.39, 0.29) is 30.5 Å². The predicted octanol–water partition coefficient (Wildman–Crippen LogP) is 2.03. The first kappa shape index (κ1) is 22.7. The summed E-state index contributed by atoms with van der Waals surface area (Å²) in [6, 6.07) is 0. The molecule has 1 aliphatic rings. The molecule has 1 fully saturated rings. The van der Waals surface area contributed by atoms with Gasteiger partial charge in [-0.25, -0.2) is 0 Å². The number of nitrogens with zero attached hydrogens (tertiary/aromatic N) is 3. The highest BCUT2D eigenvalue weighted by Gasteiger charge is 2.29. The largest absolute Gasteiger partial charge is 0.401 e. The van der Waals surface area contributed by atoms with Crippen molar-refractivity contribution in [2.75, 3.05) is 60.0 Å². The van der Waals surface area contributed by atoms with E-state index in [1.54, 1.807) is 7.11 Å². The van der Waals surface area contributed by atoms with Crippen molar-refractivity contribution in [2.45, 2.75) is 19.5 Å². The highest BCUT2D eigenvalue weighted by Crippen LogP contribution is 2.17. The van der Waals surface area contributed by atoms with E-state index in [0.29, 0.717) is 12.5 Å². The van der Waals surface area contributed by atoms with Crippen LogP contribution in [0.25, 0.3) is 0 Å². The molecule has 9 heteroatoms. The van der Waals surface area contributed by atoms with Crippen molar-refractivity contribution < 1.29 is 17.9 Å². The molecule has 0 aromatic rings. The Morgan fingerprint density at radius 3 is 2.70 bits per heavy atom. The molecule has 0 aromatic heterocycles. The van der Waals surface area contributed by atoms with E-state index in [4.69, 9.17) is 4.74 Å². The van der Waals surface area contributed by atoms with Gasteiger partial charge in [-0.1, -0.05) is 0 Å². The van der Waals surface area contributed by atoms with E-state index in [1.165, 1.54) is 11.9 Å². The fraction of sp³-hybridized carbons (Fsp3) is 0.929. The summed E-state index contributed by atoms with van der Waals surface area (Å²) in [4.78, 5) is 7.83. The van der Waals surface area contributed by atoms with Crippen molar-refractivity contribution in [3.8, 4) is 0 Å². The van der Waals surface area contributed by atoms with Crippen molar-refractivity contribution in [3.05, 3.63) is 0 Å². The van der Waals surface area contributed by atoms with Crippen LogP contribution in [0.5, 0.6) is 0 Å². The second-order valence-corrected chi connectivity index (χ2v) is 5.64. The lowest BCUT2D eigenvalue weighted by molar-refractivity contribution is -0.142. The molecule has 1 aliphatic heterocycles. The molecule has 1 saturated heterocycles. The third-order valence-corrected chi connectivity index (χ3v) is 3.52. The summed E-state index contributed by atoms with van der Waals surface area (Å²) in [5, 5.41) is 3.20. The molecule has 0 spiro atoms. The number of ether oxygens (including phenoxy) is 1. The third-order valence-electron chi connectivity index (χ3n) is 3.52. The summed E-state index contributed by atoms with van der Waals surface area (Å²) in [6.45, 7) is 4.94. The number of hydrogen-bond donors (Lipinski definition) is 1. The van der Waals surface area contributed by atoms with Crippen molar-refractivity contribution in [3.63, 3.8) is 0 Å². The van der Waals surface area contributed by atoms with Gasteiger partial charge in [0.25, 0.3) is 0 Å². The molecule has 0 aliphatic carbocycles. The van der Waals surface area contributed by atoms with Crippen LogP contribution in [-0.4, -0.2) is 82.0 Å². The lowest BCUT2D eigenvalue weighted by Crippen LogP contribution is -2.41. The minimum absolute atomic E-state index is 0. The fourth-order valence-electron chi connectivity index (χ4n) is 2.53. The van der Waals surface area contributed by atoms with E-state index in [2.05, 4.69) is 15.2 Å². The number of nitrogens with one attached hydrogen (secondary N) is 1. The minimum atomic E-state index is -4.16. The fourth-order valence-corrected chi connectivity index (χ4v) is 2.53. The second-order valence-electron chi connectivity index (χ2n) is 5.64. The van der Waals surface area contributed by atoms with Gasteiger partial charge in [-0.15, -0.1) is 24.0 Å². The van der Waals surface area contributed by atoms with E-state index in [9.17, 15) is 13.2 Å². The van der Waals surface area contributed by atoms with Crippen molar-refractivity contribution in [2.24, 2.45) is 10.9 Å². The first-order chi connectivity index (χ1) is 10.4. The molecule has 0 bridgehead atoms. The van der Waals surface area contributed by atoms with Gasteiger partial charge >= 0.3 is 6.18 Å². The van der Waals surface area contributed by atoms with Gasteiger partial charge in [-0.3, -0.25) is 9.89 Å². The van der Waals surface area contributed by atoms with Crippen LogP contribution < -0.4 is 5.32 Å². The van der Waals surface area contributed by atoms with Gasteiger partial charge in [0, 0.05) is 39.2 Å². The SMILES string of the molecule is CCNC(=NCCN(C)CC(F)(F)F)N1CCC(COC)C1.I. The van der Waals surface area contributed by atoms with Crippen molar-refractivity contribution in [1.82, 2.24) is 15.1 Å². The number of methoxy groups -OCH3 is 1. The first-order valence-corrected chi connectivity index (χ1v) is 7.63. The molecular weight excluding hydrogens is 424 g/mol. The smallest absolute Gasteiger partial charge is 0.384 e. The number of guanidine groups is 1. The molecule has 138 valence electrons. The van der Waals surface area contributed by atoms with Crippen LogP contribution >= 0.6 is 24.0 Å². The van der Waals surface area contributed by atoms with E-state index in [0.717, 1.165) is 38.6 Å². The zero-order valence-corrected chi connectivity index (χ0v) is 16.4. The monoisotopic (exact) mass is 452 g/mol. The summed E-state index contributed by atoms with van der Waals surface area (Å²) < 4.78 is 42.0. The van der Waals surface area contributed by atoms with Crippen LogP contribution in [0.4, 0.5) is 13.2 Å².